The third-order valence-electron chi connectivity index (χ3n) is 4.73. The van der Waals surface area contributed by atoms with Crippen molar-refractivity contribution in [1.29, 1.82) is 0 Å². The Kier molecular flexibility index (Phi) is 13.1. The Labute approximate surface area is 238 Å². The van der Waals surface area contributed by atoms with E-state index in [1.807, 2.05) is 0 Å². The number of pyridine rings is 2. The van der Waals surface area contributed by atoms with Gasteiger partial charge in [0.25, 0.3) is 11.4 Å². The minimum Gasteiger partial charge on any atom is -0.444 e. The lowest BCUT2D eigenvalue weighted by molar-refractivity contribution is -0.385. The number of hydrogen-bond acceptors (Lipinski definition) is 13. The topological polar surface area (TPSA) is 222 Å². The summed E-state index contributed by atoms with van der Waals surface area (Å²) in [5, 5.41) is 23.9. The standard InChI is InChI=1S/C14H21N3O6S.C9H13N3O4S/c1-14(2,3)23-13(18)16(7-8-24(4,21)22)10-11-5-6-12(9-15-11)17(19)20;1-17(15,16)5-4-10-6-8-2-3-9(7-11-8)12(13)14/h5-6,9H,7-8,10H2,1-4H3;2-3,7,10H,4-6H2,1H3. The first-order valence-corrected chi connectivity index (χ1v) is 16.1. The molecule has 2 heterocycles. The van der Waals surface area contributed by atoms with Crippen molar-refractivity contribution >= 4 is 37.1 Å². The SMILES string of the molecule is CC(C)(C)OC(=O)N(CCS(C)(=O)=O)Cc1ccc([N+](=O)[O-])cn1.CS(=O)(=O)CCNCc1ccc([N+](=O)[O-])cn1. The van der Waals surface area contributed by atoms with Gasteiger partial charge in [-0.3, -0.25) is 30.2 Å². The minimum atomic E-state index is -3.27. The monoisotopic (exact) mass is 618 g/mol. The third-order valence-corrected chi connectivity index (χ3v) is 6.60. The van der Waals surface area contributed by atoms with Gasteiger partial charge in [0.15, 0.2) is 0 Å². The van der Waals surface area contributed by atoms with E-state index < -0.39 is 41.2 Å². The van der Waals surface area contributed by atoms with Crippen LogP contribution < -0.4 is 5.32 Å². The Morgan fingerprint density at radius 3 is 1.78 bits per heavy atom. The maximum absolute atomic E-state index is 12.2. The zero-order valence-corrected chi connectivity index (χ0v) is 25.0. The molecule has 2 aromatic heterocycles. The fourth-order valence-corrected chi connectivity index (χ4v) is 3.82. The lowest BCUT2D eigenvalue weighted by Crippen LogP contribution is -2.39. The predicted octanol–water partition coefficient (Wildman–Crippen LogP) is 1.90. The number of carbonyl (C=O) groups is 1. The van der Waals surface area contributed by atoms with Crippen LogP contribution in [-0.2, 0) is 37.5 Å². The molecule has 0 unspecified atom stereocenters. The van der Waals surface area contributed by atoms with Crippen molar-refractivity contribution in [3.05, 3.63) is 68.3 Å². The summed E-state index contributed by atoms with van der Waals surface area (Å²) in [6, 6.07) is 5.58. The van der Waals surface area contributed by atoms with Gasteiger partial charge < -0.3 is 15.0 Å². The molecule has 0 aromatic carbocycles. The van der Waals surface area contributed by atoms with E-state index >= 15 is 0 Å². The first-order chi connectivity index (χ1) is 18.8. The highest BCUT2D eigenvalue weighted by atomic mass is 32.2. The quantitative estimate of drug-likeness (QED) is 0.204. The second-order valence-electron chi connectivity index (χ2n) is 9.87. The number of ether oxygens (including phenoxy) is 1. The van der Waals surface area contributed by atoms with Crippen molar-refractivity contribution in [1.82, 2.24) is 20.2 Å². The van der Waals surface area contributed by atoms with E-state index in [9.17, 15) is 41.9 Å². The van der Waals surface area contributed by atoms with Gasteiger partial charge in [-0.1, -0.05) is 0 Å². The zero-order valence-electron chi connectivity index (χ0n) is 23.3. The molecule has 18 heteroatoms. The summed E-state index contributed by atoms with van der Waals surface area (Å²) in [4.78, 5) is 41.1. The Morgan fingerprint density at radius 1 is 0.902 bits per heavy atom. The normalized spacial score (nSPS) is 11.6. The number of nitrogens with one attached hydrogen (secondary N) is 1. The number of rotatable bonds is 12. The summed E-state index contributed by atoms with van der Waals surface area (Å²) < 4.78 is 49.6. The van der Waals surface area contributed by atoms with Gasteiger partial charge in [0, 0.05) is 44.3 Å². The Bertz CT molecular complexity index is 1390. The molecule has 2 aromatic rings. The van der Waals surface area contributed by atoms with Gasteiger partial charge in [-0.2, -0.15) is 0 Å². The van der Waals surface area contributed by atoms with Crippen molar-refractivity contribution in [3.8, 4) is 0 Å². The van der Waals surface area contributed by atoms with E-state index in [2.05, 4.69) is 15.3 Å². The molecule has 16 nitrogen and oxygen atoms in total. The van der Waals surface area contributed by atoms with Crippen molar-refractivity contribution in [2.24, 2.45) is 0 Å². The fourth-order valence-electron chi connectivity index (χ4n) is 2.75. The van der Waals surface area contributed by atoms with Crippen LogP contribution in [0.2, 0.25) is 0 Å². The summed E-state index contributed by atoms with van der Waals surface area (Å²) in [5.74, 6) is -0.167. The second-order valence-corrected chi connectivity index (χ2v) is 14.4. The Morgan fingerprint density at radius 2 is 1.39 bits per heavy atom. The first-order valence-electron chi connectivity index (χ1n) is 12.0. The van der Waals surface area contributed by atoms with Crippen LogP contribution in [0.5, 0.6) is 0 Å². The van der Waals surface area contributed by atoms with Crippen LogP contribution in [-0.4, -0.2) is 90.4 Å². The molecule has 0 radical (unpaired) electrons. The van der Waals surface area contributed by atoms with Gasteiger partial charge in [0.2, 0.25) is 0 Å². The summed E-state index contributed by atoms with van der Waals surface area (Å²) in [7, 11) is -6.23. The summed E-state index contributed by atoms with van der Waals surface area (Å²) in [6.07, 6.45) is 3.82. The number of sulfone groups is 2. The average molecular weight is 619 g/mol. The Balaban J connectivity index is 0.000000435. The van der Waals surface area contributed by atoms with Crippen LogP contribution >= 0.6 is 0 Å². The molecule has 228 valence electrons. The van der Waals surface area contributed by atoms with Crippen LogP contribution in [0.15, 0.2) is 36.7 Å². The highest BCUT2D eigenvalue weighted by Crippen LogP contribution is 2.14. The number of hydrogen-bond donors (Lipinski definition) is 1. The molecule has 0 aliphatic heterocycles. The van der Waals surface area contributed by atoms with Gasteiger partial charge in [0.05, 0.1) is 39.3 Å². The van der Waals surface area contributed by atoms with Crippen LogP contribution in [0.25, 0.3) is 0 Å². The molecule has 0 aliphatic rings. The molecular formula is C23H34N6O10S2. The molecule has 41 heavy (non-hydrogen) atoms. The second kappa shape index (κ2) is 15.3. The predicted molar refractivity (Wildman–Crippen MR) is 150 cm³/mol. The average Bonchev–Trinajstić information content (AvgIpc) is 2.83. The number of amides is 1. The fraction of sp³-hybridized carbons (Fsp3) is 0.522. The Hall–Kier alpha value is -3.77. The molecule has 0 atom stereocenters. The van der Waals surface area contributed by atoms with Crippen LogP contribution in [0.4, 0.5) is 16.2 Å². The number of carbonyl (C=O) groups excluding carboxylic acids is 1. The van der Waals surface area contributed by atoms with Gasteiger partial charge in [-0.25, -0.2) is 21.6 Å². The van der Waals surface area contributed by atoms with Crippen molar-refractivity contribution < 1.29 is 36.2 Å². The van der Waals surface area contributed by atoms with Crippen molar-refractivity contribution in [2.45, 2.75) is 39.5 Å². The molecule has 0 spiro atoms. The smallest absolute Gasteiger partial charge is 0.410 e. The number of nitrogens with zero attached hydrogens (tertiary/aromatic N) is 5. The molecular weight excluding hydrogens is 584 g/mol. The minimum absolute atomic E-state index is 0.0115. The van der Waals surface area contributed by atoms with Crippen LogP contribution in [0.1, 0.15) is 32.2 Å². The van der Waals surface area contributed by atoms with Gasteiger partial charge in [-0.05, 0) is 32.9 Å². The molecule has 0 bridgehead atoms. The van der Waals surface area contributed by atoms with Crippen molar-refractivity contribution in [2.75, 3.05) is 37.1 Å². The highest BCUT2D eigenvalue weighted by Gasteiger charge is 2.24. The maximum atomic E-state index is 12.2. The van der Waals surface area contributed by atoms with Gasteiger partial charge >= 0.3 is 6.09 Å². The molecule has 1 N–H and O–H groups in total. The molecule has 0 saturated heterocycles. The van der Waals surface area contributed by atoms with Crippen LogP contribution in [0.3, 0.4) is 0 Å². The van der Waals surface area contributed by atoms with Crippen LogP contribution in [0, 0.1) is 20.2 Å². The summed E-state index contributed by atoms with van der Waals surface area (Å²) in [5.41, 5.74) is 0.0521. The zero-order chi connectivity index (χ0) is 31.4. The van der Waals surface area contributed by atoms with E-state index in [0.717, 1.165) is 12.5 Å². The molecule has 2 rings (SSSR count). The lowest BCUT2D eigenvalue weighted by Gasteiger charge is -2.27. The molecule has 0 saturated carbocycles. The van der Waals surface area contributed by atoms with E-state index in [-0.39, 0.29) is 36.0 Å². The number of aromatic nitrogens is 2. The van der Waals surface area contributed by atoms with E-state index in [4.69, 9.17) is 4.74 Å². The lowest BCUT2D eigenvalue weighted by atomic mass is 10.2. The highest BCUT2D eigenvalue weighted by molar-refractivity contribution is 7.90. The van der Waals surface area contributed by atoms with E-state index in [1.54, 1.807) is 20.8 Å². The largest absolute Gasteiger partial charge is 0.444 e. The van der Waals surface area contributed by atoms with Gasteiger partial charge in [-0.15, -0.1) is 0 Å². The third kappa shape index (κ3) is 16.2. The van der Waals surface area contributed by atoms with Crippen molar-refractivity contribution in [3.63, 3.8) is 0 Å². The van der Waals surface area contributed by atoms with Gasteiger partial charge in [0.1, 0.15) is 37.7 Å². The molecule has 1 amide bonds. The molecule has 0 fully saturated rings. The number of nitro groups is 2. The maximum Gasteiger partial charge on any atom is 0.410 e. The first kappa shape index (κ1) is 35.3. The van der Waals surface area contributed by atoms with E-state index in [1.165, 1.54) is 41.6 Å². The summed E-state index contributed by atoms with van der Waals surface area (Å²) >= 11 is 0. The molecule has 0 aliphatic carbocycles. The summed E-state index contributed by atoms with van der Waals surface area (Å²) in [6.45, 7) is 5.73. The van der Waals surface area contributed by atoms with E-state index in [0.29, 0.717) is 24.5 Å².